The van der Waals surface area contributed by atoms with Crippen LogP contribution in [-0.4, -0.2) is 10.8 Å². The van der Waals surface area contributed by atoms with Crippen LogP contribution >= 0.6 is 15.9 Å². The van der Waals surface area contributed by atoms with Crippen LogP contribution in [0.2, 0.25) is 0 Å². The largest absolute Gasteiger partial charge is 0.399 e. The van der Waals surface area contributed by atoms with Crippen molar-refractivity contribution in [1.29, 1.82) is 0 Å². The molecule has 0 aromatic heterocycles. The van der Waals surface area contributed by atoms with E-state index in [4.69, 9.17) is 5.73 Å². The monoisotopic (exact) mass is 349 g/mol. The maximum absolute atomic E-state index is 12.2. The minimum atomic E-state index is -0.479. The minimum Gasteiger partial charge on any atom is -0.399 e. The van der Waals surface area contributed by atoms with Gasteiger partial charge in [-0.15, -0.1) is 0 Å². The van der Waals surface area contributed by atoms with Crippen molar-refractivity contribution in [2.75, 3.05) is 11.1 Å². The van der Waals surface area contributed by atoms with Crippen molar-refractivity contribution < 1.29 is 9.72 Å². The van der Waals surface area contributed by atoms with Gasteiger partial charge in [-0.1, -0.05) is 15.9 Å². The molecule has 0 bridgehead atoms. The van der Waals surface area contributed by atoms with Crippen LogP contribution in [0, 0.1) is 17.0 Å². The van der Waals surface area contributed by atoms with E-state index < -0.39 is 4.92 Å². The molecule has 3 N–H and O–H groups in total. The topological polar surface area (TPSA) is 98.3 Å². The van der Waals surface area contributed by atoms with Gasteiger partial charge in [0, 0.05) is 33.5 Å². The molecule has 21 heavy (non-hydrogen) atoms. The van der Waals surface area contributed by atoms with Crippen molar-refractivity contribution in [2.45, 2.75) is 6.92 Å². The molecule has 7 heteroatoms. The second-order valence-electron chi connectivity index (χ2n) is 4.48. The lowest BCUT2D eigenvalue weighted by atomic mass is 10.1. The molecule has 0 atom stereocenters. The number of nitrogens with one attached hydrogen (secondary N) is 1. The van der Waals surface area contributed by atoms with Crippen LogP contribution in [0.4, 0.5) is 17.1 Å². The number of rotatable bonds is 3. The Hall–Kier alpha value is -2.41. The van der Waals surface area contributed by atoms with Gasteiger partial charge in [-0.2, -0.15) is 0 Å². The molecule has 0 heterocycles. The average Bonchev–Trinajstić information content (AvgIpc) is 2.39. The number of amides is 1. The number of aryl methyl sites for hydroxylation is 1. The maximum atomic E-state index is 12.2. The van der Waals surface area contributed by atoms with Crippen molar-refractivity contribution in [3.05, 3.63) is 62.1 Å². The standard InChI is InChI=1S/C14H12BrN3O3/c1-8-4-12(18(20)21)2-3-13(8)17-14(19)9-5-10(15)7-11(16)6-9/h2-7H,16H2,1H3,(H,17,19). The number of carbonyl (C=O) groups excluding carboxylic acids is 1. The molecule has 0 spiro atoms. The first kappa shape index (κ1) is 15.0. The number of hydrogen-bond donors (Lipinski definition) is 2. The number of hydrogen-bond acceptors (Lipinski definition) is 4. The molecule has 0 aliphatic rings. The Morgan fingerprint density at radius 2 is 2.00 bits per heavy atom. The first-order chi connectivity index (χ1) is 9.86. The fourth-order valence-corrected chi connectivity index (χ4v) is 2.35. The van der Waals surface area contributed by atoms with E-state index in [9.17, 15) is 14.9 Å². The Labute approximate surface area is 129 Å². The number of nitro groups is 1. The van der Waals surface area contributed by atoms with Gasteiger partial charge in [0.25, 0.3) is 11.6 Å². The third-order valence-electron chi connectivity index (χ3n) is 2.85. The first-order valence-electron chi connectivity index (χ1n) is 5.99. The molecule has 0 saturated carbocycles. The van der Waals surface area contributed by atoms with Crippen LogP contribution < -0.4 is 11.1 Å². The van der Waals surface area contributed by atoms with Crippen molar-refractivity contribution in [3.63, 3.8) is 0 Å². The van der Waals surface area contributed by atoms with Gasteiger partial charge in [0.1, 0.15) is 0 Å². The summed E-state index contributed by atoms with van der Waals surface area (Å²) in [7, 11) is 0. The van der Waals surface area contributed by atoms with Crippen LogP contribution in [-0.2, 0) is 0 Å². The van der Waals surface area contributed by atoms with E-state index in [1.165, 1.54) is 18.2 Å². The molecule has 108 valence electrons. The van der Waals surface area contributed by atoms with Gasteiger partial charge in [-0.25, -0.2) is 0 Å². The Bertz CT molecular complexity index is 711. The van der Waals surface area contributed by atoms with E-state index in [1.807, 2.05) is 0 Å². The Kier molecular flexibility index (Phi) is 4.23. The quantitative estimate of drug-likeness (QED) is 0.503. The molecule has 0 aliphatic heterocycles. The minimum absolute atomic E-state index is 0.0165. The van der Waals surface area contributed by atoms with Gasteiger partial charge in [-0.05, 0) is 36.8 Å². The summed E-state index contributed by atoms with van der Waals surface area (Å²) in [5.41, 5.74) is 7.67. The first-order valence-corrected chi connectivity index (χ1v) is 6.78. The normalized spacial score (nSPS) is 10.2. The van der Waals surface area contributed by atoms with Crippen LogP contribution in [0.25, 0.3) is 0 Å². The number of anilines is 2. The summed E-state index contributed by atoms with van der Waals surface area (Å²) >= 11 is 3.27. The second-order valence-corrected chi connectivity index (χ2v) is 5.40. The maximum Gasteiger partial charge on any atom is 0.269 e. The van der Waals surface area contributed by atoms with Gasteiger partial charge in [0.2, 0.25) is 0 Å². The van der Waals surface area contributed by atoms with E-state index in [0.29, 0.717) is 27.0 Å². The molecule has 1 amide bonds. The van der Waals surface area contributed by atoms with E-state index in [1.54, 1.807) is 25.1 Å². The highest BCUT2D eigenvalue weighted by molar-refractivity contribution is 9.10. The number of nitrogens with zero attached hydrogens (tertiary/aromatic N) is 1. The third-order valence-corrected chi connectivity index (χ3v) is 3.31. The fraction of sp³-hybridized carbons (Fsp3) is 0.0714. The predicted octanol–water partition coefficient (Wildman–Crippen LogP) is 3.50. The molecule has 0 saturated heterocycles. The highest BCUT2D eigenvalue weighted by atomic mass is 79.9. The predicted molar refractivity (Wildman–Crippen MR) is 84.3 cm³/mol. The van der Waals surface area contributed by atoms with Gasteiger partial charge < -0.3 is 11.1 Å². The molecule has 2 aromatic carbocycles. The number of nitro benzene ring substituents is 1. The summed E-state index contributed by atoms with van der Waals surface area (Å²) in [6, 6.07) is 9.15. The molecule has 0 aliphatic carbocycles. The van der Waals surface area contributed by atoms with Gasteiger partial charge >= 0.3 is 0 Å². The highest BCUT2D eigenvalue weighted by Gasteiger charge is 2.12. The zero-order chi connectivity index (χ0) is 15.6. The molecule has 2 rings (SSSR count). The number of benzene rings is 2. The van der Waals surface area contributed by atoms with Crippen molar-refractivity contribution in [3.8, 4) is 0 Å². The summed E-state index contributed by atoms with van der Waals surface area (Å²) in [5, 5.41) is 13.4. The molecule has 0 unspecified atom stereocenters. The molecular weight excluding hydrogens is 338 g/mol. The average molecular weight is 350 g/mol. The zero-order valence-corrected chi connectivity index (χ0v) is 12.7. The Morgan fingerprint density at radius 3 is 2.57 bits per heavy atom. The fourth-order valence-electron chi connectivity index (χ4n) is 1.84. The molecule has 2 aromatic rings. The van der Waals surface area contributed by atoms with E-state index in [-0.39, 0.29) is 11.6 Å². The molecular formula is C14H12BrN3O3. The number of nitrogens with two attached hydrogens (primary N) is 1. The summed E-state index contributed by atoms with van der Waals surface area (Å²) in [6.45, 7) is 1.69. The van der Waals surface area contributed by atoms with Crippen LogP contribution in [0.1, 0.15) is 15.9 Å². The van der Waals surface area contributed by atoms with Crippen LogP contribution in [0.5, 0.6) is 0 Å². The zero-order valence-electron chi connectivity index (χ0n) is 11.1. The summed E-state index contributed by atoms with van der Waals surface area (Å²) < 4.78 is 0.702. The smallest absolute Gasteiger partial charge is 0.269 e. The van der Waals surface area contributed by atoms with Crippen molar-refractivity contribution in [2.24, 2.45) is 0 Å². The number of halogens is 1. The summed E-state index contributed by atoms with van der Waals surface area (Å²) in [6.07, 6.45) is 0. The Morgan fingerprint density at radius 1 is 1.29 bits per heavy atom. The van der Waals surface area contributed by atoms with Gasteiger partial charge in [-0.3, -0.25) is 14.9 Å². The molecule has 0 radical (unpaired) electrons. The van der Waals surface area contributed by atoms with E-state index in [2.05, 4.69) is 21.2 Å². The highest BCUT2D eigenvalue weighted by Crippen LogP contribution is 2.23. The lowest BCUT2D eigenvalue weighted by Crippen LogP contribution is -2.13. The lowest BCUT2D eigenvalue weighted by molar-refractivity contribution is -0.384. The van der Waals surface area contributed by atoms with Crippen molar-refractivity contribution >= 4 is 38.9 Å². The number of non-ortho nitro benzene ring substituents is 1. The summed E-state index contributed by atoms with van der Waals surface area (Å²) in [5.74, 6) is -0.333. The third kappa shape index (κ3) is 3.57. The van der Waals surface area contributed by atoms with Crippen LogP contribution in [0.3, 0.4) is 0 Å². The number of carbonyl (C=O) groups is 1. The van der Waals surface area contributed by atoms with Gasteiger partial charge in [0.05, 0.1) is 4.92 Å². The van der Waals surface area contributed by atoms with Gasteiger partial charge in [0.15, 0.2) is 0 Å². The molecule has 6 nitrogen and oxygen atoms in total. The van der Waals surface area contributed by atoms with Crippen molar-refractivity contribution in [1.82, 2.24) is 0 Å². The van der Waals surface area contributed by atoms with E-state index in [0.717, 1.165) is 0 Å². The summed E-state index contributed by atoms with van der Waals surface area (Å²) in [4.78, 5) is 22.4. The number of nitrogen functional groups attached to an aromatic ring is 1. The lowest BCUT2D eigenvalue weighted by Gasteiger charge is -2.09. The van der Waals surface area contributed by atoms with Crippen LogP contribution in [0.15, 0.2) is 40.9 Å². The second kappa shape index (κ2) is 5.92. The van der Waals surface area contributed by atoms with E-state index >= 15 is 0 Å². The Balaban J connectivity index is 2.25. The molecule has 0 fully saturated rings. The SMILES string of the molecule is Cc1cc([N+](=O)[O-])ccc1NC(=O)c1cc(N)cc(Br)c1.